The Hall–Kier alpha value is -1.61. The molecule has 3 nitrogen and oxygen atoms in total. The summed E-state index contributed by atoms with van der Waals surface area (Å²) >= 11 is 0. The van der Waals surface area contributed by atoms with Crippen LogP contribution in [0.25, 0.3) is 0 Å². The SMILES string of the molecule is CCCCC/C=C\C/C=C\CCCCCCCCC(N)(CCCCCCCC/C=C\C/C=C\CCCCC)C(=O)OCC. The number of esters is 1. The maximum atomic E-state index is 12.7. The molecule has 0 fully saturated rings. The van der Waals surface area contributed by atoms with Gasteiger partial charge in [-0.25, -0.2) is 0 Å². The second kappa shape index (κ2) is 33.3. The van der Waals surface area contributed by atoms with Gasteiger partial charge < -0.3 is 10.5 Å². The van der Waals surface area contributed by atoms with Gasteiger partial charge in [0.05, 0.1) is 6.61 Å². The molecule has 0 unspecified atom stereocenters. The Balaban J connectivity index is 3.89. The molecule has 0 bridgehead atoms. The second-order valence-electron chi connectivity index (χ2n) is 12.5. The van der Waals surface area contributed by atoms with Gasteiger partial charge in [-0.3, -0.25) is 4.79 Å². The van der Waals surface area contributed by atoms with Crippen molar-refractivity contribution in [3.63, 3.8) is 0 Å². The third-order valence-electron chi connectivity index (χ3n) is 8.33. The molecule has 0 aliphatic rings. The van der Waals surface area contributed by atoms with Crippen LogP contribution in [0.1, 0.15) is 188 Å². The highest BCUT2D eigenvalue weighted by atomic mass is 16.5. The summed E-state index contributed by atoms with van der Waals surface area (Å²) < 4.78 is 5.38. The molecule has 2 N–H and O–H groups in total. The first-order valence-corrected chi connectivity index (χ1v) is 18.7. The predicted octanol–water partition coefficient (Wildman–Crippen LogP) is 12.7. The summed E-state index contributed by atoms with van der Waals surface area (Å²) in [6.07, 6.45) is 49.4. The van der Waals surface area contributed by atoms with Crippen molar-refractivity contribution >= 4 is 5.97 Å². The first-order valence-electron chi connectivity index (χ1n) is 18.7. The van der Waals surface area contributed by atoms with Gasteiger partial charge in [-0.2, -0.15) is 0 Å². The van der Waals surface area contributed by atoms with Crippen molar-refractivity contribution in [2.45, 2.75) is 193 Å². The van der Waals surface area contributed by atoms with Crippen molar-refractivity contribution in [3.8, 4) is 0 Å². The third-order valence-corrected chi connectivity index (χ3v) is 8.33. The van der Waals surface area contributed by atoms with E-state index in [2.05, 4.69) is 62.5 Å². The molecule has 0 radical (unpaired) electrons. The molecule has 250 valence electrons. The molecule has 0 aromatic heterocycles. The fraction of sp³-hybridized carbons (Fsp3) is 0.775. The van der Waals surface area contributed by atoms with E-state index in [1.54, 1.807) is 0 Å². The zero-order valence-corrected chi connectivity index (χ0v) is 29.1. The summed E-state index contributed by atoms with van der Waals surface area (Å²) in [5, 5.41) is 0. The molecule has 0 aromatic rings. The minimum atomic E-state index is -0.805. The molecule has 0 atom stereocenters. The highest BCUT2D eigenvalue weighted by molar-refractivity contribution is 5.80. The van der Waals surface area contributed by atoms with Crippen LogP contribution in [0.5, 0.6) is 0 Å². The van der Waals surface area contributed by atoms with E-state index >= 15 is 0 Å². The maximum Gasteiger partial charge on any atom is 0.326 e. The first kappa shape index (κ1) is 41.4. The van der Waals surface area contributed by atoms with Crippen LogP contribution in [0.2, 0.25) is 0 Å². The van der Waals surface area contributed by atoms with Crippen LogP contribution in [0.15, 0.2) is 48.6 Å². The number of allylic oxidation sites excluding steroid dienone is 8. The molecular formula is C40H73NO2. The smallest absolute Gasteiger partial charge is 0.326 e. The van der Waals surface area contributed by atoms with Gasteiger partial charge >= 0.3 is 5.97 Å². The summed E-state index contributed by atoms with van der Waals surface area (Å²) in [6, 6.07) is 0. The zero-order valence-electron chi connectivity index (χ0n) is 29.1. The number of unbranched alkanes of at least 4 members (excludes halogenated alkanes) is 18. The molecule has 0 aliphatic carbocycles. The van der Waals surface area contributed by atoms with E-state index in [4.69, 9.17) is 10.5 Å². The maximum absolute atomic E-state index is 12.7. The molecule has 0 rings (SSSR count). The quantitative estimate of drug-likeness (QED) is 0.0475. The van der Waals surface area contributed by atoms with E-state index in [0.717, 1.165) is 51.4 Å². The normalized spacial score (nSPS) is 12.6. The van der Waals surface area contributed by atoms with Crippen LogP contribution in [0.4, 0.5) is 0 Å². The largest absolute Gasteiger partial charge is 0.465 e. The van der Waals surface area contributed by atoms with E-state index in [-0.39, 0.29) is 5.97 Å². The Morgan fingerprint density at radius 1 is 0.488 bits per heavy atom. The molecular weight excluding hydrogens is 526 g/mol. The van der Waals surface area contributed by atoms with Gasteiger partial charge in [0.15, 0.2) is 0 Å². The Morgan fingerprint density at radius 3 is 1.16 bits per heavy atom. The van der Waals surface area contributed by atoms with Gasteiger partial charge in [-0.15, -0.1) is 0 Å². The Labute approximate surface area is 269 Å². The fourth-order valence-electron chi connectivity index (χ4n) is 5.46. The standard InChI is InChI=1S/C40H73NO2/c1-4-7-9-11-13-15-17-19-21-23-25-27-29-31-33-35-37-40(41,39(42)43-6-3)38-36-34-32-30-28-26-24-22-20-18-16-14-12-10-8-5-2/h13-16,19-22H,4-12,17-18,23-38,41H2,1-3H3/b15-13-,16-14-,21-19-,22-20-. The lowest BCUT2D eigenvalue weighted by Gasteiger charge is -2.27. The van der Waals surface area contributed by atoms with Crippen LogP contribution < -0.4 is 5.73 Å². The lowest BCUT2D eigenvalue weighted by atomic mass is 9.87. The summed E-state index contributed by atoms with van der Waals surface area (Å²) in [4.78, 5) is 12.7. The number of ether oxygens (including phenoxy) is 1. The van der Waals surface area contributed by atoms with Gasteiger partial charge in [-0.05, 0) is 84.0 Å². The second-order valence-corrected chi connectivity index (χ2v) is 12.5. The van der Waals surface area contributed by atoms with Crippen molar-refractivity contribution < 1.29 is 9.53 Å². The molecule has 0 aliphatic heterocycles. The average molecular weight is 600 g/mol. The van der Waals surface area contributed by atoms with Crippen LogP contribution in [-0.2, 0) is 9.53 Å². The van der Waals surface area contributed by atoms with Crippen molar-refractivity contribution in [1.82, 2.24) is 0 Å². The van der Waals surface area contributed by atoms with E-state index in [9.17, 15) is 4.79 Å². The van der Waals surface area contributed by atoms with E-state index in [1.165, 1.54) is 116 Å². The number of carbonyl (C=O) groups excluding carboxylic acids is 1. The topological polar surface area (TPSA) is 52.3 Å². The number of carbonyl (C=O) groups is 1. The lowest BCUT2D eigenvalue weighted by molar-refractivity contribution is -0.150. The monoisotopic (exact) mass is 600 g/mol. The highest BCUT2D eigenvalue weighted by Crippen LogP contribution is 2.23. The number of hydrogen-bond donors (Lipinski definition) is 1. The first-order chi connectivity index (χ1) is 21.1. The molecule has 0 spiro atoms. The Kier molecular flexibility index (Phi) is 32.0. The lowest BCUT2D eigenvalue weighted by Crippen LogP contribution is -2.49. The molecule has 0 aromatic carbocycles. The van der Waals surface area contributed by atoms with Gasteiger partial charge in [0, 0.05) is 0 Å². The average Bonchev–Trinajstić information content (AvgIpc) is 3.00. The minimum Gasteiger partial charge on any atom is -0.465 e. The molecule has 43 heavy (non-hydrogen) atoms. The number of nitrogens with two attached hydrogens (primary N) is 1. The summed E-state index contributed by atoms with van der Waals surface area (Å²) in [6.45, 7) is 6.79. The number of hydrogen-bond acceptors (Lipinski definition) is 3. The van der Waals surface area contributed by atoms with Crippen molar-refractivity contribution in [1.29, 1.82) is 0 Å². The molecule has 0 amide bonds. The van der Waals surface area contributed by atoms with Crippen molar-refractivity contribution in [2.75, 3.05) is 6.61 Å². The van der Waals surface area contributed by atoms with Gasteiger partial charge in [0.1, 0.15) is 5.54 Å². The Bertz CT molecular complexity index is 657. The van der Waals surface area contributed by atoms with E-state index in [0.29, 0.717) is 6.61 Å². The predicted molar refractivity (Wildman–Crippen MR) is 192 cm³/mol. The summed E-state index contributed by atoms with van der Waals surface area (Å²) in [7, 11) is 0. The van der Waals surface area contributed by atoms with Crippen molar-refractivity contribution in [2.24, 2.45) is 5.73 Å². The third kappa shape index (κ3) is 28.9. The van der Waals surface area contributed by atoms with Crippen LogP contribution in [0.3, 0.4) is 0 Å². The molecule has 0 heterocycles. The fourth-order valence-corrected chi connectivity index (χ4v) is 5.46. The van der Waals surface area contributed by atoms with Crippen LogP contribution >= 0.6 is 0 Å². The minimum absolute atomic E-state index is 0.194. The summed E-state index contributed by atoms with van der Waals surface area (Å²) in [5.41, 5.74) is 5.84. The van der Waals surface area contributed by atoms with Crippen LogP contribution in [-0.4, -0.2) is 18.1 Å². The van der Waals surface area contributed by atoms with Gasteiger partial charge in [0.2, 0.25) is 0 Å². The van der Waals surface area contributed by atoms with Crippen LogP contribution in [0, 0.1) is 0 Å². The van der Waals surface area contributed by atoms with Crippen molar-refractivity contribution in [3.05, 3.63) is 48.6 Å². The molecule has 0 saturated heterocycles. The highest BCUT2D eigenvalue weighted by Gasteiger charge is 2.34. The van der Waals surface area contributed by atoms with E-state index in [1.807, 2.05) is 6.92 Å². The number of rotatable bonds is 32. The molecule has 0 saturated carbocycles. The van der Waals surface area contributed by atoms with E-state index < -0.39 is 5.54 Å². The van der Waals surface area contributed by atoms with Gasteiger partial charge in [-0.1, -0.05) is 152 Å². The zero-order chi connectivity index (χ0) is 31.5. The molecule has 3 heteroatoms. The summed E-state index contributed by atoms with van der Waals surface area (Å²) in [5.74, 6) is -0.194. The van der Waals surface area contributed by atoms with Gasteiger partial charge in [0.25, 0.3) is 0 Å². The Morgan fingerprint density at radius 2 is 0.814 bits per heavy atom.